The van der Waals surface area contributed by atoms with Gasteiger partial charge in [-0.3, -0.25) is 4.79 Å². The molecule has 0 atom stereocenters. The van der Waals surface area contributed by atoms with Crippen molar-refractivity contribution in [1.29, 1.82) is 0 Å². The number of aromatic nitrogens is 1. The van der Waals surface area contributed by atoms with Gasteiger partial charge in [0.05, 0.1) is 12.7 Å². The summed E-state index contributed by atoms with van der Waals surface area (Å²) in [5, 5.41) is 11.2. The van der Waals surface area contributed by atoms with Gasteiger partial charge in [-0.2, -0.15) is 0 Å². The molecular formula is C14H11FN2O4. The number of amides is 1. The summed E-state index contributed by atoms with van der Waals surface area (Å²) >= 11 is 0. The second-order valence-electron chi connectivity index (χ2n) is 4.04. The van der Waals surface area contributed by atoms with Crippen LogP contribution in [-0.4, -0.2) is 29.1 Å². The molecular weight excluding hydrogens is 279 g/mol. The fourth-order valence-electron chi connectivity index (χ4n) is 1.59. The Hall–Kier alpha value is -2.96. The molecule has 0 aliphatic carbocycles. The van der Waals surface area contributed by atoms with Gasteiger partial charge in [0.15, 0.2) is 11.6 Å². The number of hydrogen-bond donors (Lipinski definition) is 2. The number of halogens is 1. The molecule has 7 heteroatoms. The molecule has 21 heavy (non-hydrogen) atoms. The summed E-state index contributed by atoms with van der Waals surface area (Å²) in [5.41, 5.74) is 0.0981. The number of anilines is 1. The molecule has 6 nitrogen and oxygen atoms in total. The number of pyridine rings is 1. The number of hydrogen-bond acceptors (Lipinski definition) is 4. The Morgan fingerprint density at radius 1 is 1.24 bits per heavy atom. The van der Waals surface area contributed by atoms with Crippen LogP contribution in [-0.2, 0) is 0 Å². The third-order valence-corrected chi connectivity index (χ3v) is 2.67. The number of carboxylic acids is 1. The number of methoxy groups -OCH3 is 1. The van der Waals surface area contributed by atoms with Crippen LogP contribution in [0, 0.1) is 5.82 Å². The molecule has 1 heterocycles. The maximum absolute atomic E-state index is 13.5. The van der Waals surface area contributed by atoms with Crippen molar-refractivity contribution >= 4 is 17.7 Å². The third kappa shape index (κ3) is 3.33. The largest absolute Gasteiger partial charge is 0.494 e. The van der Waals surface area contributed by atoms with Crippen LogP contribution in [0.4, 0.5) is 10.2 Å². The minimum absolute atomic E-state index is 0.00323. The quantitative estimate of drug-likeness (QED) is 0.901. The first kappa shape index (κ1) is 14.4. The molecule has 0 saturated carbocycles. The Bertz CT molecular complexity index is 686. The van der Waals surface area contributed by atoms with E-state index in [4.69, 9.17) is 9.84 Å². The van der Waals surface area contributed by atoms with Crippen LogP contribution in [0.1, 0.15) is 20.7 Å². The monoisotopic (exact) mass is 290 g/mol. The van der Waals surface area contributed by atoms with E-state index in [0.717, 1.165) is 12.3 Å². The highest BCUT2D eigenvalue weighted by atomic mass is 19.1. The zero-order chi connectivity index (χ0) is 15.4. The lowest BCUT2D eigenvalue weighted by Gasteiger charge is -2.06. The Kier molecular flexibility index (Phi) is 4.13. The first-order valence-corrected chi connectivity index (χ1v) is 5.85. The fraction of sp³-hybridized carbons (Fsp3) is 0.0714. The summed E-state index contributed by atoms with van der Waals surface area (Å²) in [6.45, 7) is 0. The number of ether oxygens (including phenoxy) is 1. The van der Waals surface area contributed by atoms with Crippen molar-refractivity contribution in [3.8, 4) is 5.75 Å². The Morgan fingerprint density at radius 2 is 1.95 bits per heavy atom. The molecule has 108 valence electrons. The first-order valence-electron chi connectivity index (χ1n) is 5.85. The van der Waals surface area contributed by atoms with Crippen LogP contribution < -0.4 is 10.1 Å². The van der Waals surface area contributed by atoms with Gasteiger partial charge in [-0.25, -0.2) is 14.2 Å². The van der Waals surface area contributed by atoms with E-state index in [2.05, 4.69) is 10.3 Å². The van der Waals surface area contributed by atoms with Crippen molar-refractivity contribution < 1.29 is 23.8 Å². The van der Waals surface area contributed by atoms with Gasteiger partial charge in [-0.1, -0.05) is 0 Å². The number of nitrogens with zero attached hydrogens (tertiary/aromatic N) is 1. The normalized spacial score (nSPS) is 10.0. The number of benzene rings is 1. The minimum atomic E-state index is -1.11. The minimum Gasteiger partial charge on any atom is -0.494 e. The molecule has 2 N–H and O–H groups in total. The summed E-state index contributed by atoms with van der Waals surface area (Å²) in [4.78, 5) is 26.4. The van der Waals surface area contributed by atoms with Gasteiger partial charge in [-0.15, -0.1) is 0 Å². The van der Waals surface area contributed by atoms with Crippen LogP contribution in [0.2, 0.25) is 0 Å². The summed E-state index contributed by atoms with van der Waals surface area (Å²) in [5.74, 6) is -2.12. The van der Waals surface area contributed by atoms with Crippen LogP contribution in [0.5, 0.6) is 5.75 Å². The van der Waals surface area contributed by atoms with E-state index >= 15 is 0 Å². The van der Waals surface area contributed by atoms with Gasteiger partial charge in [0, 0.05) is 11.8 Å². The highest BCUT2D eigenvalue weighted by Crippen LogP contribution is 2.18. The van der Waals surface area contributed by atoms with Gasteiger partial charge < -0.3 is 15.2 Å². The number of carboxylic acid groups (broad SMARTS) is 1. The van der Waals surface area contributed by atoms with E-state index in [9.17, 15) is 14.0 Å². The molecule has 0 unspecified atom stereocenters. The molecule has 0 aliphatic rings. The fourth-order valence-corrected chi connectivity index (χ4v) is 1.59. The Morgan fingerprint density at radius 3 is 2.48 bits per heavy atom. The number of rotatable bonds is 4. The second-order valence-corrected chi connectivity index (χ2v) is 4.04. The lowest BCUT2D eigenvalue weighted by molar-refractivity contribution is 0.0696. The average molecular weight is 290 g/mol. The second kappa shape index (κ2) is 6.00. The lowest BCUT2D eigenvalue weighted by Crippen LogP contribution is -2.13. The zero-order valence-corrected chi connectivity index (χ0v) is 11.0. The van der Waals surface area contributed by atoms with E-state index in [-0.39, 0.29) is 22.7 Å². The van der Waals surface area contributed by atoms with E-state index in [1.165, 1.54) is 31.4 Å². The smallest absolute Gasteiger partial charge is 0.337 e. The molecule has 0 saturated heterocycles. The standard InChI is InChI=1S/C14H11FN2O4/c1-21-11-4-2-8(6-10(11)15)13(18)17-12-5-3-9(7-16-12)14(19)20/h2-7H,1H3,(H,19,20)(H,16,17,18). The molecule has 0 radical (unpaired) electrons. The summed E-state index contributed by atoms with van der Waals surface area (Å²) < 4.78 is 18.3. The Balaban J connectivity index is 2.14. The maximum Gasteiger partial charge on any atom is 0.337 e. The SMILES string of the molecule is COc1ccc(C(=O)Nc2ccc(C(=O)O)cn2)cc1F. The van der Waals surface area contributed by atoms with Crippen molar-refractivity contribution in [2.45, 2.75) is 0 Å². The summed E-state index contributed by atoms with van der Waals surface area (Å²) in [6.07, 6.45) is 1.12. The number of nitrogens with one attached hydrogen (secondary N) is 1. The van der Waals surface area contributed by atoms with E-state index in [1.54, 1.807) is 0 Å². The van der Waals surface area contributed by atoms with Gasteiger partial charge in [0.25, 0.3) is 5.91 Å². The number of carbonyl (C=O) groups is 2. The van der Waals surface area contributed by atoms with Crippen molar-refractivity contribution in [1.82, 2.24) is 4.98 Å². The highest BCUT2D eigenvalue weighted by molar-refractivity contribution is 6.04. The van der Waals surface area contributed by atoms with Gasteiger partial charge >= 0.3 is 5.97 Å². The van der Waals surface area contributed by atoms with Gasteiger partial charge in [0.2, 0.25) is 0 Å². The van der Waals surface area contributed by atoms with Gasteiger partial charge in [0.1, 0.15) is 5.82 Å². The predicted molar refractivity (Wildman–Crippen MR) is 72.1 cm³/mol. The topological polar surface area (TPSA) is 88.5 Å². The molecule has 2 aromatic rings. The first-order chi connectivity index (χ1) is 10.0. The van der Waals surface area contributed by atoms with Crippen molar-refractivity contribution in [2.75, 3.05) is 12.4 Å². The van der Waals surface area contributed by atoms with Crippen molar-refractivity contribution in [3.63, 3.8) is 0 Å². The summed E-state index contributed by atoms with van der Waals surface area (Å²) in [6, 6.07) is 6.44. The van der Waals surface area contributed by atoms with E-state index in [0.29, 0.717) is 0 Å². The maximum atomic E-state index is 13.5. The number of carbonyl (C=O) groups excluding carboxylic acids is 1. The molecule has 1 aromatic carbocycles. The Labute approximate surface area is 119 Å². The highest BCUT2D eigenvalue weighted by Gasteiger charge is 2.11. The molecule has 0 spiro atoms. The van der Waals surface area contributed by atoms with Crippen LogP contribution in [0.3, 0.4) is 0 Å². The van der Waals surface area contributed by atoms with Gasteiger partial charge in [-0.05, 0) is 30.3 Å². The third-order valence-electron chi connectivity index (χ3n) is 2.67. The predicted octanol–water partition coefficient (Wildman–Crippen LogP) is 2.18. The number of aromatic carboxylic acids is 1. The van der Waals surface area contributed by atoms with Crippen molar-refractivity contribution in [3.05, 3.63) is 53.5 Å². The molecule has 1 aromatic heterocycles. The van der Waals surface area contributed by atoms with E-state index in [1.807, 2.05) is 0 Å². The molecule has 1 amide bonds. The van der Waals surface area contributed by atoms with Crippen LogP contribution in [0.25, 0.3) is 0 Å². The lowest BCUT2D eigenvalue weighted by atomic mass is 10.2. The molecule has 0 fully saturated rings. The summed E-state index contributed by atoms with van der Waals surface area (Å²) in [7, 11) is 1.33. The van der Waals surface area contributed by atoms with Crippen LogP contribution in [0.15, 0.2) is 36.5 Å². The molecule has 0 aliphatic heterocycles. The van der Waals surface area contributed by atoms with Crippen LogP contribution >= 0.6 is 0 Å². The zero-order valence-electron chi connectivity index (χ0n) is 11.0. The molecule has 0 bridgehead atoms. The molecule has 2 rings (SSSR count). The van der Waals surface area contributed by atoms with Crippen molar-refractivity contribution in [2.24, 2.45) is 0 Å². The average Bonchev–Trinajstić information content (AvgIpc) is 2.47. The van der Waals surface area contributed by atoms with E-state index < -0.39 is 17.7 Å².